The summed E-state index contributed by atoms with van der Waals surface area (Å²) in [5, 5.41) is 0. The summed E-state index contributed by atoms with van der Waals surface area (Å²) in [5.41, 5.74) is 1.03. The van der Waals surface area contributed by atoms with Crippen molar-refractivity contribution in [2.75, 3.05) is 7.11 Å². The second-order valence-corrected chi connectivity index (χ2v) is 3.00. The van der Waals surface area contributed by atoms with Crippen LogP contribution in [0.1, 0.15) is 12.5 Å². The Morgan fingerprint density at radius 3 is 2.50 bits per heavy atom. The highest BCUT2D eigenvalue weighted by molar-refractivity contribution is 5.55. The zero-order valence-corrected chi connectivity index (χ0v) is 8.40. The number of hydrogen-bond acceptors (Lipinski definition) is 3. The summed E-state index contributed by atoms with van der Waals surface area (Å²) in [7, 11) is 1.62. The molecule has 3 heteroatoms. The zero-order chi connectivity index (χ0) is 10.4. The second-order valence-electron chi connectivity index (χ2n) is 3.00. The van der Waals surface area contributed by atoms with Gasteiger partial charge in [0.25, 0.3) is 0 Å². The molecule has 0 heterocycles. The van der Waals surface area contributed by atoms with Crippen molar-refractivity contribution in [2.45, 2.75) is 19.6 Å². The molecule has 0 amide bonds. The normalized spacial score (nSPS) is 12.1. The van der Waals surface area contributed by atoms with Crippen molar-refractivity contribution < 1.29 is 14.3 Å². The van der Waals surface area contributed by atoms with Crippen LogP contribution < -0.4 is 4.74 Å². The van der Waals surface area contributed by atoms with E-state index in [4.69, 9.17) is 9.47 Å². The Bertz CT molecular complexity index is 279. The summed E-state index contributed by atoms with van der Waals surface area (Å²) in [6.45, 7) is 2.17. The van der Waals surface area contributed by atoms with Gasteiger partial charge in [-0.15, -0.1) is 0 Å². The maximum atomic E-state index is 10.3. The van der Waals surface area contributed by atoms with Crippen molar-refractivity contribution in [3.63, 3.8) is 0 Å². The van der Waals surface area contributed by atoms with Crippen LogP contribution in [0.4, 0.5) is 0 Å². The average Bonchev–Trinajstić information content (AvgIpc) is 2.26. The van der Waals surface area contributed by atoms with Crippen LogP contribution in [0.2, 0.25) is 0 Å². The molecular weight excluding hydrogens is 180 g/mol. The fraction of sp³-hybridized carbons (Fsp3) is 0.364. The molecule has 3 nitrogen and oxygen atoms in total. The van der Waals surface area contributed by atoms with E-state index in [-0.39, 0.29) is 6.10 Å². The fourth-order valence-electron chi connectivity index (χ4n) is 0.989. The number of aldehydes is 1. The van der Waals surface area contributed by atoms with E-state index >= 15 is 0 Å². The number of carbonyl (C=O) groups is 1. The van der Waals surface area contributed by atoms with Gasteiger partial charge in [0.05, 0.1) is 13.7 Å². The van der Waals surface area contributed by atoms with Gasteiger partial charge in [0.2, 0.25) is 0 Å². The van der Waals surface area contributed by atoms with Crippen molar-refractivity contribution in [1.29, 1.82) is 0 Å². The Balaban J connectivity index is 2.47. The monoisotopic (exact) mass is 194 g/mol. The first-order valence-electron chi connectivity index (χ1n) is 4.46. The van der Waals surface area contributed by atoms with Crippen LogP contribution in [0.15, 0.2) is 24.3 Å². The molecule has 0 aliphatic rings. The summed E-state index contributed by atoms with van der Waals surface area (Å²) < 4.78 is 10.3. The maximum absolute atomic E-state index is 10.3. The lowest BCUT2D eigenvalue weighted by Crippen LogP contribution is -2.08. The van der Waals surface area contributed by atoms with Crippen molar-refractivity contribution in [1.82, 2.24) is 0 Å². The number of carbonyl (C=O) groups excluding carboxylic acids is 1. The van der Waals surface area contributed by atoms with Crippen LogP contribution >= 0.6 is 0 Å². The van der Waals surface area contributed by atoms with Gasteiger partial charge in [-0.25, -0.2) is 0 Å². The Labute approximate surface area is 83.6 Å². The van der Waals surface area contributed by atoms with E-state index in [1.165, 1.54) is 0 Å². The summed E-state index contributed by atoms with van der Waals surface area (Å²) in [4.78, 5) is 10.3. The highest BCUT2D eigenvalue weighted by Crippen LogP contribution is 2.12. The second kappa shape index (κ2) is 5.40. The Morgan fingerprint density at radius 2 is 2.00 bits per heavy atom. The number of rotatable bonds is 5. The molecule has 14 heavy (non-hydrogen) atoms. The van der Waals surface area contributed by atoms with Gasteiger partial charge >= 0.3 is 0 Å². The van der Waals surface area contributed by atoms with Gasteiger partial charge in [-0.2, -0.15) is 0 Å². The molecule has 1 aromatic carbocycles. The van der Waals surface area contributed by atoms with Crippen molar-refractivity contribution in [3.8, 4) is 5.75 Å². The highest BCUT2D eigenvalue weighted by Gasteiger charge is 1.99. The third-order valence-electron chi connectivity index (χ3n) is 1.86. The largest absolute Gasteiger partial charge is 0.497 e. The quantitative estimate of drug-likeness (QED) is 0.670. The minimum atomic E-state index is -0.350. The molecule has 0 N–H and O–H groups in total. The summed E-state index contributed by atoms with van der Waals surface area (Å²) in [6.07, 6.45) is 0.431. The Hall–Kier alpha value is -1.35. The number of benzene rings is 1. The van der Waals surface area contributed by atoms with Crippen LogP contribution in [0, 0.1) is 0 Å². The lowest BCUT2D eigenvalue weighted by molar-refractivity contribution is -0.117. The highest BCUT2D eigenvalue weighted by atomic mass is 16.5. The van der Waals surface area contributed by atoms with Gasteiger partial charge in [0.1, 0.15) is 18.1 Å². The van der Waals surface area contributed by atoms with Gasteiger partial charge in [-0.05, 0) is 24.6 Å². The predicted molar refractivity (Wildman–Crippen MR) is 53.3 cm³/mol. The molecule has 0 radical (unpaired) electrons. The Kier molecular flexibility index (Phi) is 4.13. The van der Waals surface area contributed by atoms with Gasteiger partial charge in [0, 0.05) is 0 Å². The molecule has 1 atom stereocenters. The molecule has 0 aliphatic heterocycles. The molecule has 1 unspecified atom stereocenters. The lowest BCUT2D eigenvalue weighted by atomic mass is 10.2. The minimum absolute atomic E-state index is 0.350. The Morgan fingerprint density at radius 1 is 1.36 bits per heavy atom. The topological polar surface area (TPSA) is 35.5 Å². The molecule has 0 fully saturated rings. The van der Waals surface area contributed by atoms with E-state index in [9.17, 15) is 4.79 Å². The van der Waals surface area contributed by atoms with E-state index in [1.807, 2.05) is 24.3 Å². The zero-order valence-electron chi connectivity index (χ0n) is 8.40. The molecule has 0 saturated carbocycles. The molecule has 0 saturated heterocycles. The van der Waals surface area contributed by atoms with E-state index < -0.39 is 0 Å². The van der Waals surface area contributed by atoms with Crippen LogP contribution in [-0.2, 0) is 16.1 Å². The molecule has 1 rings (SSSR count). The first-order chi connectivity index (χ1) is 6.76. The standard InChI is InChI=1S/C11H14O3/c1-9(7-12)14-8-10-3-5-11(13-2)6-4-10/h3-7,9H,8H2,1-2H3. The van der Waals surface area contributed by atoms with Crippen LogP contribution in [0.5, 0.6) is 5.75 Å². The van der Waals surface area contributed by atoms with Crippen molar-refractivity contribution >= 4 is 6.29 Å². The number of hydrogen-bond donors (Lipinski definition) is 0. The van der Waals surface area contributed by atoms with Gasteiger partial charge in [0.15, 0.2) is 0 Å². The fourth-order valence-corrected chi connectivity index (χ4v) is 0.989. The number of ether oxygens (including phenoxy) is 2. The summed E-state index contributed by atoms with van der Waals surface area (Å²) in [6, 6.07) is 7.56. The SMILES string of the molecule is COc1ccc(COC(C)C=O)cc1. The smallest absolute Gasteiger partial charge is 0.148 e. The van der Waals surface area contributed by atoms with E-state index in [1.54, 1.807) is 14.0 Å². The molecular formula is C11H14O3. The van der Waals surface area contributed by atoms with Crippen LogP contribution in [0.3, 0.4) is 0 Å². The maximum Gasteiger partial charge on any atom is 0.148 e. The van der Waals surface area contributed by atoms with Crippen molar-refractivity contribution in [3.05, 3.63) is 29.8 Å². The molecule has 0 aromatic heterocycles. The average molecular weight is 194 g/mol. The van der Waals surface area contributed by atoms with Crippen LogP contribution in [-0.4, -0.2) is 19.5 Å². The summed E-state index contributed by atoms with van der Waals surface area (Å²) >= 11 is 0. The molecule has 76 valence electrons. The molecule has 0 bridgehead atoms. The van der Waals surface area contributed by atoms with E-state index in [0.29, 0.717) is 6.61 Å². The van der Waals surface area contributed by atoms with Gasteiger partial charge < -0.3 is 14.3 Å². The van der Waals surface area contributed by atoms with E-state index in [0.717, 1.165) is 17.6 Å². The molecule has 1 aromatic rings. The minimum Gasteiger partial charge on any atom is -0.497 e. The van der Waals surface area contributed by atoms with Crippen LogP contribution in [0.25, 0.3) is 0 Å². The van der Waals surface area contributed by atoms with E-state index in [2.05, 4.69) is 0 Å². The summed E-state index contributed by atoms with van der Waals surface area (Å²) in [5.74, 6) is 0.817. The first-order valence-corrected chi connectivity index (χ1v) is 4.46. The third-order valence-corrected chi connectivity index (χ3v) is 1.86. The molecule has 0 aliphatic carbocycles. The third kappa shape index (κ3) is 3.18. The van der Waals surface area contributed by atoms with Gasteiger partial charge in [-0.3, -0.25) is 0 Å². The van der Waals surface area contributed by atoms with Gasteiger partial charge in [-0.1, -0.05) is 12.1 Å². The predicted octanol–water partition coefficient (Wildman–Crippen LogP) is 1.80. The van der Waals surface area contributed by atoms with Crippen molar-refractivity contribution in [2.24, 2.45) is 0 Å². The number of methoxy groups -OCH3 is 1. The molecule has 0 spiro atoms. The first kappa shape index (κ1) is 10.7. The lowest BCUT2D eigenvalue weighted by Gasteiger charge is -2.06.